The number of hydrogen-bond donors (Lipinski definition) is 6. The largest absolute Gasteiger partial charge is 0.483 e. The van der Waals surface area contributed by atoms with Gasteiger partial charge in [-0.15, -0.1) is 0 Å². The number of pyridine rings is 1. The van der Waals surface area contributed by atoms with Crippen LogP contribution in [-0.2, 0) is 25.3 Å². The van der Waals surface area contributed by atoms with Crippen LogP contribution in [0.25, 0.3) is 0 Å². The van der Waals surface area contributed by atoms with Crippen LogP contribution in [-0.4, -0.2) is 62.2 Å². The van der Waals surface area contributed by atoms with Crippen molar-refractivity contribution in [3.8, 4) is 5.75 Å². The summed E-state index contributed by atoms with van der Waals surface area (Å²) in [4.78, 5) is 71.4. The van der Waals surface area contributed by atoms with E-state index in [1.807, 2.05) is 46.5 Å². The van der Waals surface area contributed by atoms with Crippen LogP contribution in [0.4, 0.5) is 4.79 Å². The average Bonchev–Trinajstić information content (AvgIpc) is 2.84. The van der Waals surface area contributed by atoms with E-state index in [1.54, 1.807) is 0 Å². The van der Waals surface area contributed by atoms with Crippen LogP contribution >= 0.6 is 7.75 Å². The third-order valence-corrected chi connectivity index (χ3v) is 6.52. The van der Waals surface area contributed by atoms with Crippen LogP contribution in [0.3, 0.4) is 0 Å². The van der Waals surface area contributed by atoms with Crippen molar-refractivity contribution in [2.24, 2.45) is 0 Å². The second-order valence-electron chi connectivity index (χ2n) is 7.47. The first-order valence-electron chi connectivity index (χ1n) is 10.3. The molecule has 3 atom stereocenters. The molecule has 0 bridgehead atoms. The fraction of sp³-hybridized carbons (Fsp3) is 0.250. The zero-order valence-corrected chi connectivity index (χ0v) is 19.6. The first-order valence-corrected chi connectivity index (χ1v) is 11.8. The number of carbonyl (C=O) groups excluding carboxylic acids is 3. The molecule has 1 unspecified atom stereocenters. The first-order chi connectivity index (χ1) is 17.0. The molecule has 1 aliphatic rings. The Morgan fingerprint density at radius 3 is 2.47 bits per heavy atom. The molecule has 3 rings (SSSR count). The quantitative estimate of drug-likeness (QED) is 0.143. The molecule has 2 aromatic rings. The number of nitrogens with zero attached hydrogens (tertiary/aromatic N) is 1. The normalized spacial score (nSPS) is 18.4. The maximum absolute atomic E-state index is 12.3. The molecule has 1 saturated heterocycles. The molecule has 16 heteroatoms. The maximum atomic E-state index is 12.3. The number of aromatic nitrogens is 1. The van der Waals surface area contributed by atoms with Crippen LogP contribution in [0.15, 0.2) is 47.4 Å². The zero-order chi connectivity index (χ0) is 26.5. The molecule has 1 fully saturated rings. The highest BCUT2D eigenvalue weighted by Crippen LogP contribution is 2.52. The lowest BCUT2D eigenvalue weighted by Gasteiger charge is -2.45. The van der Waals surface area contributed by atoms with Gasteiger partial charge in [0, 0.05) is 12.3 Å². The van der Waals surface area contributed by atoms with E-state index in [0.29, 0.717) is 4.67 Å². The predicted molar refractivity (Wildman–Crippen MR) is 120 cm³/mol. The SMILES string of the molecule is C[C@H]1[C@H](NC(=O)O)C(=O)N1P(=O)(O)OCC(=O)NNC(=O)c1cc(=O)c(OCc2ccccc2)c[nH]1. The molecule has 0 aliphatic carbocycles. The van der Waals surface area contributed by atoms with Gasteiger partial charge in [0.05, 0.1) is 6.04 Å². The fourth-order valence-corrected chi connectivity index (χ4v) is 4.53. The van der Waals surface area contributed by atoms with Crippen molar-refractivity contribution < 1.29 is 43.0 Å². The summed E-state index contributed by atoms with van der Waals surface area (Å²) >= 11 is 0. The molecule has 4 amide bonds. The molecule has 1 aromatic carbocycles. The van der Waals surface area contributed by atoms with E-state index in [0.717, 1.165) is 11.6 Å². The van der Waals surface area contributed by atoms with Crippen LogP contribution < -0.4 is 26.3 Å². The topological polar surface area (TPSA) is 216 Å². The first kappa shape index (κ1) is 26.4. The monoisotopic (exact) mass is 523 g/mol. The van der Waals surface area contributed by atoms with Crippen molar-refractivity contribution >= 4 is 31.6 Å². The number of hydrazine groups is 1. The summed E-state index contributed by atoms with van der Waals surface area (Å²) in [6, 6.07) is 7.83. The Kier molecular flexibility index (Phi) is 8.09. The fourth-order valence-electron chi connectivity index (χ4n) is 3.15. The van der Waals surface area contributed by atoms with E-state index in [-0.39, 0.29) is 18.1 Å². The van der Waals surface area contributed by atoms with Crippen molar-refractivity contribution in [2.45, 2.75) is 25.6 Å². The standard InChI is InChI=1S/C20H22N5O10P/c1-11-17(22-20(30)31)19(29)25(11)36(32,33)35-10-16(27)23-24-18(28)13-7-14(26)15(8-21-13)34-9-12-5-3-2-4-6-12/h2-8,11,17,22H,9-10H2,1H3,(H,21,26)(H,23,27)(H,24,28)(H,30,31)(H,32,33)/t11-,17-/m0/s1. The molecule has 192 valence electrons. The van der Waals surface area contributed by atoms with E-state index >= 15 is 0 Å². The van der Waals surface area contributed by atoms with Gasteiger partial charge in [-0.2, -0.15) is 0 Å². The summed E-state index contributed by atoms with van der Waals surface area (Å²) in [5.41, 5.74) is 3.95. The van der Waals surface area contributed by atoms with E-state index in [4.69, 9.17) is 9.84 Å². The summed E-state index contributed by atoms with van der Waals surface area (Å²) in [6.45, 7) is 0.427. The summed E-state index contributed by atoms with van der Waals surface area (Å²) in [5.74, 6) is -2.98. The Labute approximate surface area is 203 Å². The Balaban J connectivity index is 1.46. The van der Waals surface area contributed by atoms with Crippen LogP contribution in [0.5, 0.6) is 5.75 Å². The zero-order valence-electron chi connectivity index (χ0n) is 18.7. The number of nitrogens with one attached hydrogen (secondary N) is 4. The van der Waals surface area contributed by atoms with E-state index in [2.05, 4.69) is 9.51 Å². The van der Waals surface area contributed by atoms with Crippen molar-refractivity contribution in [1.82, 2.24) is 25.8 Å². The number of carbonyl (C=O) groups is 4. The lowest BCUT2D eigenvalue weighted by atomic mass is 10.0. The Morgan fingerprint density at radius 1 is 1.17 bits per heavy atom. The molecule has 0 saturated carbocycles. The molecule has 0 radical (unpaired) electrons. The van der Waals surface area contributed by atoms with Gasteiger partial charge in [0.1, 0.15) is 24.9 Å². The van der Waals surface area contributed by atoms with Gasteiger partial charge < -0.3 is 25.0 Å². The second kappa shape index (κ2) is 11.0. The molecule has 2 heterocycles. The Morgan fingerprint density at radius 2 is 1.86 bits per heavy atom. The molecule has 6 N–H and O–H groups in total. The maximum Gasteiger partial charge on any atom is 0.435 e. The van der Waals surface area contributed by atoms with E-state index in [1.165, 1.54) is 13.1 Å². The van der Waals surface area contributed by atoms with E-state index in [9.17, 15) is 33.4 Å². The average molecular weight is 523 g/mol. The van der Waals surface area contributed by atoms with Gasteiger partial charge >= 0.3 is 13.8 Å². The number of benzene rings is 1. The minimum absolute atomic E-state index is 0.0258. The van der Waals surface area contributed by atoms with Gasteiger partial charge in [0.2, 0.25) is 5.43 Å². The molecule has 0 spiro atoms. The van der Waals surface area contributed by atoms with Crippen molar-refractivity contribution in [3.63, 3.8) is 0 Å². The summed E-state index contributed by atoms with van der Waals surface area (Å²) in [6.07, 6.45) is -0.301. The van der Waals surface area contributed by atoms with Gasteiger partial charge in [0.25, 0.3) is 17.7 Å². The number of β-lactam (4-membered cyclic amide) rings is 1. The van der Waals surface area contributed by atoms with E-state index < -0.39 is 55.7 Å². The lowest BCUT2D eigenvalue weighted by molar-refractivity contribution is -0.143. The minimum Gasteiger partial charge on any atom is -0.483 e. The van der Waals surface area contributed by atoms with Crippen LogP contribution in [0.1, 0.15) is 23.0 Å². The van der Waals surface area contributed by atoms with Crippen molar-refractivity contribution in [2.75, 3.05) is 6.61 Å². The molecular formula is C20H22N5O10P. The third kappa shape index (κ3) is 6.27. The highest BCUT2D eigenvalue weighted by Gasteiger charge is 2.54. The number of amides is 4. The molecule has 1 aromatic heterocycles. The van der Waals surface area contributed by atoms with Gasteiger partial charge in [-0.05, 0) is 12.5 Å². The lowest BCUT2D eigenvalue weighted by Crippen LogP contribution is -2.68. The third-order valence-electron chi connectivity index (χ3n) is 4.95. The number of aromatic amines is 1. The summed E-state index contributed by atoms with van der Waals surface area (Å²) in [7, 11) is -4.77. The van der Waals surface area contributed by atoms with Crippen LogP contribution in [0, 0.1) is 0 Å². The number of carboxylic acid groups (broad SMARTS) is 1. The highest BCUT2D eigenvalue weighted by atomic mass is 31.2. The number of hydrogen-bond acceptors (Lipinski definition) is 8. The summed E-state index contributed by atoms with van der Waals surface area (Å²) < 4.78 is 22.7. The minimum atomic E-state index is -4.77. The molecular weight excluding hydrogens is 501 g/mol. The van der Waals surface area contributed by atoms with Gasteiger partial charge in [-0.25, -0.2) is 14.0 Å². The smallest absolute Gasteiger partial charge is 0.435 e. The second-order valence-corrected chi connectivity index (χ2v) is 9.14. The highest BCUT2D eigenvalue weighted by molar-refractivity contribution is 7.51. The predicted octanol–water partition coefficient (Wildman–Crippen LogP) is -0.301. The van der Waals surface area contributed by atoms with Crippen LogP contribution in [0.2, 0.25) is 0 Å². The Hall–Kier alpha value is -4.20. The van der Waals surface area contributed by atoms with Gasteiger partial charge in [-0.3, -0.25) is 34.6 Å². The number of ether oxygens (including phenoxy) is 1. The Bertz CT molecular complexity index is 1270. The molecule has 36 heavy (non-hydrogen) atoms. The van der Waals surface area contributed by atoms with Gasteiger partial charge in [0.15, 0.2) is 5.75 Å². The number of rotatable bonds is 9. The van der Waals surface area contributed by atoms with Gasteiger partial charge in [-0.1, -0.05) is 30.3 Å². The molecule has 15 nitrogen and oxygen atoms in total. The summed E-state index contributed by atoms with van der Waals surface area (Å²) in [5, 5.41) is 10.6. The number of H-pyrrole nitrogens is 1. The van der Waals surface area contributed by atoms with Crippen molar-refractivity contribution in [3.05, 3.63) is 64.1 Å². The molecule has 1 aliphatic heterocycles. The van der Waals surface area contributed by atoms with Crippen molar-refractivity contribution in [1.29, 1.82) is 0 Å².